The van der Waals surface area contributed by atoms with Gasteiger partial charge < -0.3 is 91.7 Å². The van der Waals surface area contributed by atoms with Gasteiger partial charge in [0.05, 0.1) is 124 Å². The summed E-state index contributed by atoms with van der Waals surface area (Å²) in [6.07, 6.45) is -9.55. The number of nitrogens with zero attached hydrogens (tertiary/aromatic N) is 2. The van der Waals surface area contributed by atoms with Crippen molar-refractivity contribution in [2.45, 2.75) is 100 Å². The number of aliphatic hydroxyl groups excluding tert-OH is 16. The molecule has 0 fully saturated rings. The molecule has 9 rings (SSSR count). The van der Waals surface area contributed by atoms with E-state index in [0.717, 1.165) is 0 Å². The van der Waals surface area contributed by atoms with Crippen LogP contribution in [0.1, 0.15) is 44.5 Å². The maximum absolute atomic E-state index is 10.8. The molecule has 4 aromatic carbocycles. The Kier molecular flexibility index (Phi) is 18.5. The van der Waals surface area contributed by atoms with Gasteiger partial charge in [-0.15, -0.1) is 0 Å². The molecule has 0 amide bonds. The second-order valence-electron chi connectivity index (χ2n) is 21.2. The summed E-state index contributed by atoms with van der Waals surface area (Å²) in [5.74, 6) is 0. The van der Waals surface area contributed by atoms with Crippen molar-refractivity contribution in [3.05, 3.63) is 117 Å². The smallest absolute Gasteiger partial charge is 0.0811 e. The third-order valence-electron chi connectivity index (χ3n) is 15.1. The van der Waals surface area contributed by atoms with Crippen molar-refractivity contribution in [1.82, 2.24) is 19.9 Å². The Morgan fingerprint density at radius 1 is 0.250 bits per heavy atom. The summed E-state index contributed by atoms with van der Waals surface area (Å²) in [4.78, 5) is 17.7. The lowest BCUT2D eigenvalue weighted by Gasteiger charge is -2.17. The van der Waals surface area contributed by atoms with Crippen LogP contribution in [0.3, 0.4) is 0 Å². The molecule has 7 aromatic rings. The summed E-state index contributed by atoms with van der Waals surface area (Å²) in [6.45, 7) is -4.43. The largest absolute Gasteiger partial charge is 0.394 e. The number of benzene rings is 4. The first kappa shape index (κ1) is 58.5. The van der Waals surface area contributed by atoms with E-state index in [9.17, 15) is 81.7 Å². The van der Waals surface area contributed by atoms with E-state index in [4.69, 9.17) is 9.97 Å². The Labute approximate surface area is 459 Å². The molecule has 0 saturated carbocycles. The van der Waals surface area contributed by atoms with Crippen molar-refractivity contribution < 1.29 is 81.7 Å². The Balaban J connectivity index is 1.48. The van der Waals surface area contributed by atoms with Crippen molar-refractivity contribution in [3.63, 3.8) is 0 Å². The summed E-state index contributed by atoms with van der Waals surface area (Å²) < 4.78 is 0. The van der Waals surface area contributed by atoms with Crippen LogP contribution in [0.5, 0.6) is 0 Å². The normalized spacial score (nSPS) is 15.4. The molecule has 8 bridgehead atoms. The van der Waals surface area contributed by atoms with Gasteiger partial charge in [-0.3, -0.25) is 0 Å². The van der Waals surface area contributed by atoms with Crippen molar-refractivity contribution in [3.8, 4) is 45.0 Å². The molecule has 5 heterocycles. The minimum atomic E-state index is -1.18. The van der Waals surface area contributed by atoms with Crippen molar-refractivity contribution in [1.29, 1.82) is 0 Å². The van der Waals surface area contributed by atoms with E-state index in [1.807, 2.05) is 72.8 Å². The molecular weight excluding hydrogens is 1030 g/mol. The predicted molar refractivity (Wildman–Crippen MR) is 299 cm³/mol. The van der Waals surface area contributed by atoms with Crippen LogP contribution >= 0.6 is 0 Å². The molecule has 0 radical (unpaired) electrons. The lowest BCUT2D eigenvalue weighted by Crippen LogP contribution is -2.20. The van der Waals surface area contributed by atoms with Crippen LogP contribution in [-0.2, 0) is 51.4 Å². The molecule has 20 heteroatoms. The highest BCUT2D eigenvalue weighted by Crippen LogP contribution is 2.44. The van der Waals surface area contributed by atoms with E-state index < -0.39 is 102 Å². The van der Waals surface area contributed by atoms with Crippen LogP contribution in [0.4, 0.5) is 0 Å². The average molecular weight is 1100 g/mol. The number of rotatable bonds is 24. The zero-order valence-electron chi connectivity index (χ0n) is 43.9. The Morgan fingerprint density at radius 3 is 0.575 bits per heavy atom. The SMILES string of the molecule is OC[C@H](O)Cc1cc2c(cc1C[C@@H](O)CO)-c1cc3[nH]c(cc4nc(cc5[nH]c(cc-2n1)c1cc(C[C@@H](O)CO)c(C[C@@H](O)CO)cc51)-c1cc(C[C@@H](O)CO)c(C[C@@H](O)CO)cc1-4)c1cc(C[C@@H](O)CO)c(C[C@@H](O)CO)cc31. The van der Waals surface area contributed by atoms with Gasteiger partial charge in [0.1, 0.15) is 0 Å². The number of hydrogen-bond acceptors (Lipinski definition) is 18. The standard InChI is InChI=1S/C60H70N4O16/c65-21-37(73)1-29-9-45-46(10-30(29)2-38(74)22-66)54-18-56-49-13-33(5-41(77)25-69)34(6-42(78)26-70)14-50(49)58(63-56)20-60-52-16-36(8-44(80)28-72)35(7-43(79)27-71)15-51(52)59(64-60)19-57-48-12-32(4-40(76)24-68)31(3-39(75)23-67)11-47(48)55(62-57)17-53(45)61-54/h9-20,37-44,61,64-80H,1-8,21-28H2/t37-,38-,39-,40-,41-,42-,43-,44-/m1/s1. The number of aromatic amines is 2. The molecule has 20 nitrogen and oxygen atoms in total. The lowest BCUT2D eigenvalue weighted by molar-refractivity contribution is 0.0912. The van der Waals surface area contributed by atoms with Crippen LogP contribution in [-0.4, -0.2) is 203 Å². The van der Waals surface area contributed by atoms with Crippen LogP contribution < -0.4 is 0 Å². The maximum atomic E-state index is 10.8. The van der Waals surface area contributed by atoms with Gasteiger partial charge in [0.25, 0.3) is 0 Å². The van der Waals surface area contributed by atoms with E-state index in [1.165, 1.54) is 0 Å². The summed E-state index contributed by atoms with van der Waals surface area (Å²) in [5.41, 5.74) is 10.7. The van der Waals surface area contributed by atoms with Gasteiger partial charge >= 0.3 is 0 Å². The fraction of sp³-hybridized carbons (Fsp3) is 0.400. The molecule has 2 aliphatic heterocycles. The van der Waals surface area contributed by atoms with Gasteiger partial charge in [-0.25, -0.2) is 9.97 Å². The summed E-state index contributed by atoms with van der Waals surface area (Å²) in [5, 5.41) is 169. The second kappa shape index (κ2) is 25.3. The fourth-order valence-corrected chi connectivity index (χ4v) is 11.1. The van der Waals surface area contributed by atoms with Crippen LogP contribution in [0, 0.1) is 0 Å². The van der Waals surface area contributed by atoms with Crippen LogP contribution in [0.15, 0.2) is 72.8 Å². The molecule has 80 heavy (non-hydrogen) atoms. The van der Waals surface area contributed by atoms with Crippen molar-refractivity contribution in [2.24, 2.45) is 0 Å². The highest BCUT2D eigenvalue weighted by atomic mass is 16.3. The fourth-order valence-electron chi connectivity index (χ4n) is 11.1. The number of aromatic nitrogens is 4. The number of H-pyrrole nitrogens is 2. The first-order valence-corrected chi connectivity index (χ1v) is 26.8. The summed E-state index contributed by atoms with van der Waals surface area (Å²) >= 11 is 0. The van der Waals surface area contributed by atoms with Gasteiger partial charge in [0, 0.05) is 117 Å². The highest BCUT2D eigenvalue weighted by Gasteiger charge is 2.27. The minimum absolute atomic E-state index is 0.0145. The molecule has 3 aromatic heterocycles. The zero-order chi connectivity index (χ0) is 57.1. The maximum Gasteiger partial charge on any atom is 0.0811 e. The van der Waals surface area contributed by atoms with E-state index >= 15 is 0 Å². The van der Waals surface area contributed by atoms with E-state index in [0.29, 0.717) is 133 Å². The number of fused-ring (bicyclic) bond motifs is 20. The number of nitrogens with one attached hydrogen (secondary N) is 2. The molecule has 426 valence electrons. The minimum Gasteiger partial charge on any atom is -0.394 e. The molecular formula is C60H70N4O16. The topological polar surface area (TPSA) is 381 Å². The molecule has 0 saturated heterocycles. The zero-order valence-corrected chi connectivity index (χ0v) is 43.9. The lowest BCUT2D eigenvalue weighted by atomic mass is 9.90. The molecule has 2 aliphatic rings. The molecule has 0 aliphatic carbocycles. The number of aliphatic hydroxyl groups is 16. The number of hydrogen-bond donors (Lipinski definition) is 18. The third-order valence-corrected chi connectivity index (χ3v) is 15.1. The van der Waals surface area contributed by atoms with Gasteiger partial charge in [0.2, 0.25) is 0 Å². The molecule has 0 spiro atoms. The quantitative estimate of drug-likeness (QED) is 0.0391. The predicted octanol–water partition coefficient (Wildman–Crippen LogP) is 0.455. The van der Waals surface area contributed by atoms with Gasteiger partial charge in [-0.05, 0) is 117 Å². The Morgan fingerprint density at radius 2 is 0.412 bits per heavy atom. The molecule has 0 unspecified atom stereocenters. The molecule has 18 N–H and O–H groups in total. The first-order chi connectivity index (χ1) is 38.5. The van der Waals surface area contributed by atoms with Crippen LogP contribution in [0.25, 0.3) is 88.6 Å². The Hall–Kier alpha value is -6.12. The monoisotopic (exact) mass is 1100 g/mol. The first-order valence-electron chi connectivity index (χ1n) is 26.8. The van der Waals surface area contributed by atoms with Gasteiger partial charge in [-0.1, -0.05) is 0 Å². The van der Waals surface area contributed by atoms with Gasteiger partial charge in [0.15, 0.2) is 0 Å². The highest BCUT2D eigenvalue weighted by molar-refractivity contribution is 6.11. The van der Waals surface area contributed by atoms with E-state index in [-0.39, 0.29) is 51.4 Å². The van der Waals surface area contributed by atoms with Gasteiger partial charge in [-0.2, -0.15) is 0 Å². The van der Waals surface area contributed by atoms with Crippen molar-refractivity contribution >= 4 is 43.6 Å². The van der Waals surface area contributed by atoms with E-state index in [2.05, 4.69) is 9.97 Å². The van der Waals surface area contributed by atoms with Crippen molar-refractivity contribution in [2.75, 3.05) is 52.9 Å². The summed E-state index contributed by atoms with van der Waals surface area (Å²) in [7, 11) is 0. The average Bonchev–Trinajstić information content (AvgIpc) is 4.21. The second-order valence-corrected chi connectivity index (χ2v) is 21.2. The Bertz CT molecular complexity index is 3100. The third kappa shape index (κ3) is 12.5. The molecule has 8 atom stereocenters. The van der Waals surface area contributed by atoms with E-state index in [1.54, 1.807) is 0 Å². The van der Waals surface area contributed by atoms with Crippen LogP contribution in [0.2, 0.25) is 0 Å². The summed E-state index contributed by atoms with van der Waals surface area (Å²) in [6, 6.07) is 21.9.